The maximum absolute atomic E-state index is 12.2. The Morgan fingerprint density at radius 1 is 1.06 bits per heavy atom. The summed E-state index contributed by atoms with van der Waals surface area (Å²) < 4.78 is 0. The molecule has 0 aromatic rings. The Hall–Kier alpha value is -0.320. The standard InChI is InChI=1S/C12H22N2O2.ClH/c13-10-3-1-9(2-4-10)12(16)14-7-5-11(15)6-8-14;/h9-11,15H,1-8,13H2;1H/t9-,10+;. The second-order valence-corrected chi connectivity index (χ2v) is 5.17. The van der Waals surface area contributed by atoms with Crippen molar-refractivity contribution in [1.82, 2.24) is 4.90 Å². The summed E-state index contributed by atoms with van der Waals surface area (Å²) in [6, 6.07) is 0.298. The monoisotopic (exact) mass is 262 g/mol. The van der Waals surface area contributed by atoms with Gasteiger partial charge in [-0.15, -0.1) is 12.4 Å². The van der Waals surface area contributed by atoms with Crippen LogP contribution < -0.4 is 5.73 Å². The first-order valence-corrected chi connectivity index (χ1v) is 6.39. The average Bonchev–Trinajstić information content (AvgIpc) is 2.30. The van der Waals surface area contributed by atoms with Crippen molar-refractivity contribution in [3.8, 4) is 0 Å². The van der Waals surface area contributed by atoms with E-state index >= 15 is 0 Å². The summed E-state index contributed by atoms with van der Waals surface area (Å²) in [6.45, 7) is 1.45. The van der Waals surface area contributed by atoms with Crippen LogP contribution in [0.15, 0.2) is 0 Å². The minimum atomic E-state index is -0.205. The molecule has 2 aliphatic rings. The van der Waals surface area contributed by atoms with E-state index in [1.807, 2.05) is 4.90 Å². The van der Waals surface area contributed by atoms with Crippen molar-refractivity contribution in [2.24, 2.45) is 11.7 Å². The molecule has 2 rings (SSSR count). The molecule has 17 heavy (non-hydrogen) atoms. The predicted octanol–water partition coefficient (Wildman–Crippen LogP) is 0.909. The van der Waals surface area contributed by atoms with Crippen molar-refractivity contribution < 1.29 is 9.90 Å². The van der Waals surface area contributed by atoms with E-state index in [1.165, 1.54) is 0 Å². The van der Waals surface area contributed by atoms with Crippen LogP contribution in [0.3, 0.4) is 0 Å². The lowest BCUT2D eigenvalue weighted by atomic mass is 9.85. The van der Waals surface area contributed by atoms with E-state index in [1.54, 1.807) is 0 Å². The molecule has 0 bridgehead atoms. The lowest BCUT2D eigenvalue weighted by Crippen LogP contribution is -2.44. The van der Waals surface area contributed by atoms with Gasteiger partial charge in [0.1, 0.15) is 0 Å². The number of aliphatic hydroxyl groups excluding tert-OH is 1. The van der Waals surface area contributed by atoms with E-state index < -0.39 is 0 Å². The Balaban J connectivity index is 0.00000144. The summed E-state index contributed by atoms with van der Waals surface area (Å²) in [4.78, 5) is 14.1. The molecule has 0 radical (unpaired) electrons. The van der Waals surface area contributed by atoms with Crippen molar-refractivity contribution in [2.75, 3.05) is 13.1 Å². The van der Waals surface area contributed by atoms with Gasteiger partial charge in [0.2, 0.25) is 5.91 Å². The number of hydrogen-bond donors (Lipinski definition) is 2. The van der Waals surface area contributed by atoms with Crippen LogP contribution in [-0.4, -0.2) is 41.1 Å². The molecule has 1 saturated heterocycles. The first kappa shape index (κ1) is 14.7. The molecule has 1 aliphatic heterocycles. The fourth-order valence-electron chi connectivity index (χ4n) is 2.71. The molecular weight excluding hydrogens is 240 g/mol. The lowest BCUT2D eigenvalue weighted by molar-refractivity contribution is -0.138. The van der Waals surface area contributed by atoms with E-state index in [0.29, 0.717) is 11.9 Å². The van der Waals surface area contributed by atoms with Gasteiger partial charge in [-0.1, -0.05) is 0 Å². The molecule has 0 atom stereocenters. The molecule has 1 amide bonds. The fourth-order valence-corrected chi connectivity index (χ4v) is 2.71. The smallest absolute Gasteiger partial charge is 0.225 e. The van der Waals surface area contributed by atoms with Gasteiger partial charge in [-0.25, -0.2) is 0 Å². The Kier molecular flexibility index (Phi) is 5.70. The van der Waals surface area contributed by atoms with Crippen molar-refractivity contribution in [2.45, 2.75) is 50.7 Å². The molecule has 0 spiro atoms. The van der Waals surface area contributed by atoms with Crippen LogP contribution in [-0.2, 0) is 4.79 Å². The summed E-state index contributed by atoms with van der Waals surface area (Å²) in [7, 11) is 0. The Labute approximate surface area is 109 Å². The maximum atomic E-state index is 12.2. The number of halogens is 1. The topological polar surface area (TPSA) is 66.6 Å². The normalized spacial score (nSPS) is 30.8. The van der Waals surface area contributed by atoms with Crippen LogP contribution in [0.25, 0.3) is 0 Å². The highest BCUT2D eigenvalue weighted by molar-refractivity contribution is 5.85. The zero-order valence-corrected chi connectivity index (χ0v) is 11.0. The van der Waals surface area contributed by atoms with Gasteiger partial charge in [0.05, 0.1) is 6.10 Å². The summed E-state index contributed by atoms with van der Waals surface area (Å²) in [5.74, 6) is 0.480. The molecule has 4 nitrogen and oxygen atoms in total. The lowest BCUT2D eigenvalue weighted by Gasteiger charge is -2.34. The third kappa shape index (κ3) is 3.83. The number of carbonyl (C=O) groups excluding carboxylic acids is 1. The highest BCUT2D eigenvalue weighted by atomic mass is 35.5. The first-order valence-electron chi connectivity index (χ1n) is 6.39. The van der Waals surface area contributed by atoms with Crippen LogP contribution in [0.2, 0.25) is 0 Å². The Morgan fingerprint density at radius 3 is 2.12 bits per heavy atom. The molecule has 0 unspecified atom stereocenters. The zero-order valence-electron chi connectivity index (χ0n) is 10.2. The molecule has 100 valence electrons. The maximum Gasteiger partial charge on any atom is 0.225 e. The van der Waals surface area contributed by atoms with Gasteiger partial charge in [0.15, 0.2) is 0 Å². The summed E-state index contributed by atoms with van der Waals surface area (Å²) in [6.07, 6.45) is 5.11. The van der Waals surface area contributed by atoms with Crippen LogP contribution in [0.5, 0.6) is 0 Å². The SMILES string of the molecule is Cl.N[C@H]1CC[C@@H](C(=O)N2CCC(O)CC2)CC1. The van der Waals surface area contributed by atoms with Crippen molar-refractivity contribution in [1.29, 1.82) is 0 Å². The van der Waals surface area contributed by atoms with Crippen molar-refractivity contribution in [3.63, 3.8) is 0 Å². The highest BCUT2D eigenvalue weighted by Gasteiger charge is 2.30. The van der Waals surface area contributed by atoms with Crippen molar-refractivity contribution >= 4 is 18.3 Å². The highest BCUT2D eigenvalue weighted by Crippen LogP contribution is 2.26. The molecular formula is C12H23ClN2O2. The van der Waals surface area contributed by atoms with Gasteiger partial charge < -0.3 is 15.7 Å². The Morgan fingerprint density at radius 2 is 1.59 bits per heavy atom. The number of nitrogens with zero attached hydrogens (tertiary/aromatic N) is 1. The average molecular weight is 263 g/mol. The van der Waals surface area contributed by atoms with Crippen LogP contribution in [0.4, 0.5) is 0 Å². The molecule has 1 heterocycles. The first-order chi connectivity index (χ1) is 7.66. The van der Waals surface area contributed by atoms with E-state index in [2.05, 4.69) is 0 Å². The number of rotatable bonds is 1. The van der Waals surface area contributed by atoms with E-state index in [-0.39, 0.29) is 24.4 Å². The molecule has 0 aromatic carbocycles. The number of likely N-dealkylation sites (tertiary alicyclic amines) is 1. The quantitative estimate of drug-likeness (QED) is 0.738. The zero-order chi connectivity index (χ0) is 11.5. The fraction of sp³-hybridized carbons (Fsp3) is 0.917. The number of amides is 1. The second-order valence-electron chi connectivity index (χ2n) is 5.17. The molecule has 1 saturated carbocycles. The van der Waals surface area contributed by atoms with Crippen LogP contribution in [0.1, 0.15) is 38.5 Å². The summed E-state index contributed by atoms with van der Waals surface area (Å²) in [5, 5.41) is 9.40. The van der Waals surface area contributed by atoms with Gasteiger partial charge in [0.25, 0.3) is 0 Å². The van der Waals surface area contributed by atoms with Crippen LogP contribution in [0, 0.1) is 5.92 Å². The van der Waals surface area contributed by atoms with Gasteiger partial charge in [-0.2, -0.15) is 0 Å². The largest absolute Gasteiger partial charge is 0.393 e. The molecule has 5 heteroatoms. The van der Waals surface area contributed by atoms with Crippen LogP contribution >= 0.6 is 12.4 Å². The minimum Gasteiger partial charge on any atom is -0.393 e. The number of carbonyl (C=O) groups is 1. The number of piperidine rings is 1. The number of hydrogen-bond acceptors (Lipinski definition) is 3. The molecule has 1 aliphatic carbocycles. The minimum absolute atomic E-state index is 0. The number of aliphatic hydroxyl groups is 1. The molecule has 3 N–H and O–H groups in total. The third-order valence-electron chi connectivity index (χ3n) is 3.90. The van der Waals surface area contributed by atoms with Gasteiger partial charge in [-0.05, 0) is 38.5 Å². The predicted molar refractivity (Wildman–Crippen MR) is 69.0 cm³/mol. The molecule has 0 aromatic heterocycles. The summed E-state index contributed by atoms with van der Waals surface area (Å²) >= 11 is 0. The van der Waals surface area contributed by atoms with E-state index in [0.717, 1.165) is 51.6 Å². The van der Waals surface area contributed by atoms with E-state index in [9.17, 15) is 9.90 Å². The number of nitrogens with two attached hydrogens (primary N) is 1. The van der Waals surface area contributed by atoms with E-state index in [4.69, 9.17) is 5.73 Å². The van der Waals surface area contributed by atoms with Gasteiger partial charge in [0, 0.05) is 25.0 Å². The second kappa shape index (κ2) is 6.57. The van der Waals surface area contributed by atoms with Gasteiger partial charge in [-0.3, -0.25) is 4.79 Å². The summed E-state index contributed by atoms with van der Waals surface area (Å²) in [5.41, 5.74) is 5.84. The Bertz CT molecular complexity index is 223. The van der Waals surface area contributed by atoms with Crippen molar-refractivity contribution in [3.05, 3.63) is 0 Å². The third-order valence-corrected chi connectivity index (χ3v) is 3.90. The van der Waals surface area contributed by atoms with Gasteiger partial charge >= 0.3 is 0 Å². The molecule has 2 fully saturated rings.